The van der Waals surface area contributed by atoms with Gasteiger partial charge in [0, 0.05) is 29.6 Å². The lowest BCUT2D eigenvalue weighted by Gasteiger charge is -2.34. The average molecular weight is 517 g/mol. The molecule has 1 saturated heterocycles. The maximum Gasteiger partial charge on any atom is 0.243 e. The molecule has 1 fully saturated rings. The van der Waals surface area contributed by atoms with Gasteiger partial charge in [-0.2, -0.15) is 9.41 Å². The fraction of sp³-hybridized carbons (Fsp3) is 0.333. The number of rotatable bonds is 8. The lowest BCUT2D eigenvalue weighted by Crippen LogP contribution is -2.48. The molecule has 186 valence electrons. The van der Waals surface area contributed by atoms with Gasteiger partial charge in [0.1, 0.15) is 0 Å². The molecule has 0 amide bonds. The van der Waals surface area contributed by atoms with Crippen LogP contribution in [0.4, 0.5) is 5.13 Å². The van der Waals surface area contributed by atoms with Gasteiger partial charge in [-0.1, -0.05) is 18.2 Å². The van der Waals surface area contributed by atoms with Crippen LogP contribution in [-0.2, 0) is 14.8 Å². The van der Waals surface area contributed by atoms with E-state index in [1.54, 1.807) is 38.6 Å². The van der Waals surface area contributed by atoms with Crippen molar-refractivity contribution in [2.45, 2.75) is 31.0 Å². The van der Waals surface area contributed by atoms with Crippen LogP contribution >= 0.6 is 11.3 Å². The van der Waals surface area contributed by atoms with Gasteiger partial charge in [0.25, 0.3) is 0 Å². The molecular formula is C24H28N4O5S2. The van der Waals surface area contributed by atoms with Crippen LogP contribution in [0.15, 0.2) is 57.8 Å². The van der Waals surface area contributed by atoms with Gasteiger partial charge in [-0.25, -0.2) is 13.4 Å². The fourth-order valence-electron chi connectivity index (χ4n) is 3.92. The molecule has 2 unspecified atom stereocenters. The SMILES string of the molecule is COc1cccc(/C=N/Nc2nc(-c3cccc(S(=O)(=O)N4CC(C)OC(C)C4)c3)cs2)c1OC. The van der Waals surface area contributed by atoms with Crippen LogP contribution in [0.1, 0.15) is 19.4 Å². The second-order valence-electron chi connectivity index (χ2n) is 8.10. The Morgan fingerprint density at radius 3 is 2.60 bits per heavy atom. The smallest absolute Gasteiger partial charge is 0.243 e. The first kappa shape index (κ1) is 25.1. The number of benzene rings is 2. The van der Waals surface area contributed by atoms with Crippen molar-refractivity contribution in [3.8, 4) is 22.8 Å². The molecule has 0 radical (unpaired) electrons. The summed E-state index contributed by atoms with van der Waals surface area (Å²) in [7, 11) is -0.488. The van der Waals surface area contributed by atoms with Crippen molar-refractivity contribution < 1.29 is 22.6 Å². The van der Waals surface area contributed by atoms with Gasteiger partial charge in [-0.05, 0) is 38.1 Å². The number of nitrogens with zero attached hydrogens (tertiary/aromatic N) is 3. The van der Waals surface area contributed by atoms with Gasteiger partial charge in [0.15, 0.2) is 11.5 Å². The van der Waals surface area contributed by atoms with Gasteiger partial charge >= 0.3 is 0 Å². The number of hydrogen-bond donors (Lipinski definition) is 1. The third-order valence-electron chi connectivity index (χ3n) is 5.46. The van der Waals surface area contributed by atoms with Crippen LogP contribution in [0.25, 0.3) is 11.3 Å². The Balaban J connectivity index is 1.50. The molecule has 11 heteroatoms. The minimum absolute atomic E-state index is 0.152. The highest BCUT2D eigenvalue weighted by molar-refractivity contribution is 7.89. The van der Waals surface area contributed by atoms with Crippen LogP contribution in [-0.4, -0.2) is 63.4 Å². The first-order valence-electron chi connectivity index (χ1n) is 11.0. The molecule has 2 heterocycles. The zero-order chi connectivity index (χ0) is 25.0. The Labute approximate surface area is 209 Å². The highest BCUT2D eigenvalue weighted by Gasteiger charge is 2.32. The molecule has 2 atom stereocenters. The molecule has 0 saturated carbocycles. The summed E-state index contributed by atoms with van der Waals surface area (Å²) < 4.78 is 44.4. The van der Waals surface area contributed by atoms with E-state index in [4.69, 9.17) is 14.2 Å². The number of nitrogens with one attached hydrogen (secondary N) is 1. The zero-order valence-corrected chi connectivity index (χ0v) is 21.6. The lowest BCUT2D eigenvalue weighted by molar-refractivity contribution is -0.0440. The quantitative estimate of drug-likeness (QED) is 0.356. The number of para-hydroxylation sites is 1. The predicted molar refractivity (Wildman–Crippen MR) is 137 cm³/mol. The lowest BCUT2D eigenvalue weighted by atomic mass is 10.2. The Morgan fingerprint density at radius 1 is 1.14 bits per heavy atom. The molecule has 1 aliphatic heterocycles. The molecule has 0 spiro atoms. The van der Waals surface area contributed by atoms with Crippen molar-refractivity contribution in [2.75, 3.05) is 32.7 Å². The Morgan fingerprint density at radius 2 is 1.89 bits per heavy atom. The number of methoxy groups -OCH3 is 2. The second-order valence-corrected chi connectivity index (χ2v) is 10.9. The van der Waals surface area contributed by atoms with E-state index in [-0.39, 0.29) is 17.1 Å². The molecular weight excluding hydrogens is 488 g/mol. The van der Waals surface area contributed by atoms with Gasteiger partial charge < -0.3 is 14.2 Å². The summed E-state index contributed by atoms with van der Waals surface area (Å²) in [6.07, 6.45) is 1.32. The normalized spacial score (nSPS) is 19.1. The number of morpholine rings is 1. The number of aromatic nitrogens is 1. The van der Waals surface area contributed by atoms with Crippen molar-refractivity contribution in [3.05, 3.63) is 53.4 Å². The van der Waals surface area contributed by atoms with Crippen molar-refractivity contribution in [2.24, 2.45) is 5.10 Å². The summed E-state index contributed by atoms with van der Waals surface area (Å²) >= 11 is 1.37. The number of thiazole rings is 1. The summed E-state index contributed by atoms with van der Waals surface area (Å²) in [5.41, 5.74) is 5.04. The highest BCUT2D eigenvalue weighted by Crippen LogP contribution is 2.30. The van der Waals surface area contributed by atoms with Crippen LogP contribution in [0, 0.1) is 0 Å². The summed E-state index contributed by atoms with van der Waals surface area (Å²) in [4.78, 5) is 4.79. The number of sulfonamides is 1. The van der Waals surface area contributed by atoms with Crippen molar-refractivity contribution in [1.82, 2.24) is 9.29 Å². The topological polar surface area (TPSA) is 102 Å². The van der Waals surface area contributed by atoms with E-state index in [1.165, 1.54) is 15.6 Å². The first-order chi connectivity index (χ1) is 16.8. The molecule has 0 bridgehead atoms. The van der Waals surface area contributed by atoms with Crippen LogP contribution in [0.5, 0.6) is 11.5 Å². The largest absolute Gasteiger partial charge is 0.493 e. The Hall–Kier alpha value is -2.99. The van der Waals surface area contributed by atoms with E-state index in [9.17, 15) is 8.42 Å². The van der Waals surface area contributed by atoms with Crippen LogP contribution in [0.2, 0.25) is 0 Å². The number of anilines is 1. The zero-order valence-electron chi connectivity index (χ0n) is 20.0. The molecule has 9 nitrogen and oxygen atoms in total. The van der Waals surface area contributed by atoms with E-state index in [2.05, 4.69) is 15.5 Å². The summed E-state index contributed by atoms with van der Waals surface area (Å²) in [5, 5.41) is 6.69. The second kappa shape index (κ2) is 10.7. The predicted octanol–water partition coefficient (Wildman–Crippen LogP) is 4.07. The number of hydrogen-bond acceptors (Lipinski definition) is 9. The Kier molecular flexibility index (Phi) is 7.70. The van der Waals surface area contributed by atoms with Gasteiger partial charge in [0.05, 0.1) is 43.2 Å². The number of ether oxygens (including phenoxy) is 3. The van der Waals surface area contributed by atoms with Crippen LogP contribution in [0.3, 0.4) is 0 Å². The molecule has 4 rings (SSSR count). The molecule has 1 N–H and O–H groups in total. The number of hydrazone groups is 1. The third-order valence-corrected chi connectivity index (χ3v) is 8.03. The minimum Gasteiger partial charge on any atom is -0.493 e. The van der Waals surface area contributed by atoms with Crippen LogP contribution < -0.4 is 14.9 Å². The summed E-state index contributed by atoms with van der Waals surface area (Å²) in [6, 6.07) is 12.4. The van der Waals surface area contributed by atoms with Gasteiger partial charge in [0.2, 0.25) is 15.2 Å². The highest BCUT2D eigenvalue weighted by atomic mass is 32.2. The Bertz CT molecular complexity index is 1300. The minimum atomic E-state index is -3.64. The molecule has 2 aromatic carbocycles. The standard InChI is InChI=1S/C24H28N4O5S2/c1-16-13-28(14-17(2)33-16)35(29,30)20-9-5-7-18(11-20)21-15-34-24(26-21)27-25-12-19-8-6-10-22(31-3)23(19)32-4/h5-12,15-17H,13-14H2,1-4H3,(H,26,27)/b25-12+. The average Bonchev–Trinajstić information content (AvgIpc) is 3.32. The van der Waals surface area contributed by atoms with E-state index >= 15 is 0 Å². The van der Waals surface area contributed by atoms with E-state index in [1.807, 2.05) is 43.5 Å². The molecule has 3 aromatic rings. The molecule has 1 aromatic heterocycles. The molecule has 0 aliphatic carbocycles. The summed E-state index contributed by atoms with van der Waals surface area (Å²) in [6.45, 7) is 4.42. The monoisotopic (exact) mass is 516 g/mol. The summed E-state index contributed by atoms with van der Waals surface area (Å²) in [5.74, 6) is 1.20. The fourth-order valence-corrected chi connectivity index (χ4v) is 6.23. The van der Waals surface area contributed by atoms with Crippen molar-refractivity contribution >= 4 is 32.7 Å². The molecule has 35 heavy (non-hydrogen) atoms. The van der Waals surface area contributed by atoms with Gasteiger partial charge in [-0.15, -0.1) is 11.3 Å². The van der Waals surface area contributed by atoms with Crippen molar-refractivity contribution in [1.29, 1.82) is 0 Å². The maximum atomic E-state index is 13.2. The van der Waals surface area contributed by atoms with Gasteiger partial charge in [-0.3, -0.25) is 5.43 Å². The first-order valence-corrected chi connectivity index (χ1v) is 13.4. The van der Waals surface area contributed by atoms with Crippen molar-refractivity contribution in [3.63, 3.8) is 0 Å². The third kappa shape index (κ3) is 5.64. The maximum absolute atomic E-state index is 13.2. The van der Waals surface area contributed by atoms with E-state index in [0.29, 0.717) is 41.0 Å². The van der Waals surface area contributed by atoms with E-state index < -0.39 is 10.0 Å². The van der Waals surface area contributed by atoms with E-state index in [0.717, 1.165) is 5.56 Å². The molecule has 1 aliphatic rings.